The topological polar surface area (TPSA) is 52.6 Å². The molecule has 0 heterocycles. The number of ether oxygens (including phenoxy) is 2. The minimum absolute atomic E-state index is 0.289. The number of rotatable bonds is 4. The molecule has 2 aliphatic rings. The monoisotopic (exact) mass is 300 g/mol. The first-order valence-corrected chi connectivity index (χ1v) is 7.38. The van der Waals surface area contributed by atoms with E-state index in [9.17, 15) is 9.59 Å². The fourth-order valence-electron chi connectivity index (χ4n) is 2.56. The smallest absolute Gasteiger partial charge is 0.339 e. The molecule has 0 N–H and O–H groups in total. The number of esters is 2. The summed E-state index contributed by atoms with van der Waals surface area (Å²) in [6, 6.07) is 7.54. The van der Waals surface area contributed by atoms with Gasteiger partial charge in [0.25, 0.3) is 0 Å². The van der Waals surface area contributed by atoms with Gasteiger partial charge in [-0.25, -0.2) is 9.59 Å². The quantitative estimate of drug-likeness (QED) is 0.807. The second kappa shape index (κ2) is 6.60. The van der Waals surface area contributed by atoms with E-state index < -0.39 is 11.9 Å². The number of carbonyl (C=O) groups excluding carboxylic acids is 2. The average molecular weight is 300 g/mol. The van der Waals surface area contributed by atoms with Gasteiger partial charge in [-0.15, -0.1) is 0 Å². The van der Waals surface area contributed by atoms with Crippen LogP contribution in [0.25, 0.3) is 11.1 Å². The van der Waals surface area contributed by atoms with Gasteiger partial charge < -0.3 is 9.47 Å². The molecule has 0 saturated carbocycles. The molecule has 0 amide bonds. The molecule has 0 bridgehead atoms. The molecule has 0 aromatic rings. The van der Waals surface area contributed by atoms with Crippen LogP contribution >= 0.6 is 0 Å². The highest BCUT2D eigenvalue weighted by molar-refractivity contribution is 6.10. The van der Waals surface area contributed by atoms with Crippen LogP contribution in [0.5, 0.6) is 0 Å². The van der Waals surface area contributed by atoms with Gasteiger partial charge in [0.1, 0.15) is 0 Å². The Bertz CT molecular complexity index is 632. The highest BCUT2D eigenvalue weighted by Gasteiger charge is 2.29. The molecule has 0 saturated heterocycles. The van der Waals surface area contributed by atoms with Gasteiger partial charge in [0.2, 0.25) is 0 Å². The largest absolute Gasteiger partial charge is 0.462 e. The van der Waals surface area contributed by atoms with Crippen molar-refractivity contribution in [2.75, 3.05) is 13.2 Å². The molecule has 2 aliphatic carbocycles. The highest BCUT2D eigenvalue weighted by Crippen LogP contribution is 2.37. The van der Waals surface area contributed by atoms with Gasteiger partial charge in [-0.2, -0.15) is 0 Å². The van der Waals surface area contributed by atoms with Crippen LogP contribution in [0.4, 0.5) is 0 Å². The van der Waals surface area contributed by atoms with E-state index in [1.54, 1.807) is 20.8 Å². The van der Waals surface area contributed by atoms with E-state index in [-0.39, 0.29) is 13.2 Å². The Morgan fingerprint density at radius 2 is 1.23 bits per heavy atom. The molecular weight excluding hydrogens is 280 g/mol. The molecule has 0 atom stereocenters. The summed E-state index contributed by atoms with van der Waals surface area (Å²) in [7, 11) is 0. The standard InChI is InChI=1S/C18H20O4/c1-5-21-17(19)15-12(4)16(18(20)22-6-2)14-10-8-11(3)7-9-13(14)15/h7-10H,5-6H2,1-4H3. The number of aryl methyl sites for hydroxylation is 1. The maximum Gasteiger partial charge on any atom is 0.339 e. The van der Waals surface area contributed by atoms with Crippen molar-refractivity contribution < 1.29 is 19.1 Å². The van der Waals surface area contributed by atoms with Gasteiger partial charge in [-0.3, -0.25) is 0 Å². The Labute approximate surface area is 130 Å². The third-order valence-corrected chi connectivity index (χ3v) is 3.56. The fourth-order valence-corrected chi connectivity index (χ4v) is 2.56. The first kappa shape index (κ1) is 16.0. The van der Waals surface area contributed by atoms with Gasteiger partial charge >= 0.3 is 11.9 Å². The maximum absolute atomic E-state index is 12.3. The summed E-state index contributed by atoms with van der Waals surface area (Å²) in [5.41, 5.74) is 3.96. The highest BCUT2D eigenvalue weighted by atomic mass is 16.5. The SMILES string of the molecule is CCOC(=O)c1c2ccc(C)ccc-2c(C(=O)OCC)c1C. The average Bonchev–Trinajstić information content (AvgIpc) is 2.62. The van der Waals surface area contributed by atoms with Gasteiger partial charge in [-0.05, 0) is 44.4 Å². The summed E-state index contributed by atoms with van der Waals surface area (Å²) in [6.45, 7) is 7.81. The van der Waals surface area contributed by atoms with Crippen molar-refractivity contribution in [3.8, 4) is 11.1 Å². The van der Waals surface area contributed by atoms with Gasteiger partial charge in [0, 0.05) is 0 Å². The lowest BCUT2D eigenvalue weighted by Crippen LogP contribution is -2.08. The van der Waals surface area contributed by atoms with E-state index in [0.717, 1.165) is 5.56 Å². The number of hydrogen-bond acceptors (Lipinski definition) is 4. The van der Waals surface area contributed by atoms with Crippen molar-refractivity contribution in [1.29, 1.82) is 0 Å². The zero-order valence-corrected chi connectivity index (χ0v) is 13.4. The zero-order valence-electron chi connectivity index (χ0n) is 13.4. The van der Waals surface area contributed by atoms with Gasteiger partial charge in [0.05, 0.1) is 24.3 Å². The third-order valence-electron chi connectivity index (χ3n) is 3.56. The summed E-state index contributed by atoms with van der Waals surface area (Å²) in [6.07, 6.45) is 0. The molecule has 22 heavy (non-hydrogen) atoms. The first-order chi connectivity index (χ1) is 10.5. The van der Waals surface area contributed by atoms with E-state index in [2.05, 4.69) is 0 Å². The van der Waals surface area contributed by atoms with E-state index in [1.165, 1.54) is 0 Å². The molecule has 0 unspecified atom stereocenters. The van der Waals surface area contributed by atoms with Crippen molar-refractivity contribution in [2.24, 2.45) is 0 Å². The van der Waals surface area contributed by atoms with Crippen LogP contribution in [-0.2, 0) is 9.47 Å². The fraction of sp³-hybridized carbons (Fsp3) is 0.333. The lowest BCUT2D eigenvalue weighted by molar-refractivity contribution is 0.0525. The molecule has 4 nitrogen and oxygen atoms in total. The Hall–Kier alpha value is -2.36. The van der Waals surface area contributed by atoms with Crippen molar-refractivity contribution in [3.05, 3.63) is 46.5 Å². The Balaban J connectivity index is 2.72. The summed E-state index contributed by atoms with van der Waals surface area (Å²) < 4.78 is 10.3. The Kier molecular flexibility index (Phi) is 4.81. The summed E-state index contributed by atoms with van der Waals surface area (Å²) >= 11 is 0. The Morgan fingerprint density at radius 3 is 1.59 bits per heavy atom. The van der Waals surface area contributed by atoms with Gasteiger partial charge in [0.15, 0.2) is 0 Å². The van der Waals surface area contributed by atoms with Crippen LogP contribution in [0.15, 0.2) is 24.3 Å². The Morgan fingerprint density at radius 1 is 0.818 bits per heavy atom. The van der Waals surface area contributed by atoms with Crippen molar-refractivity contribution in [1.82, 2.24) is 0 Å². The predicted molar refractivity (Wildman–Crippen MR) is 84.5 cm³/mol. The van der Waals surface area contributed by atoms with Crippen LogP contribution in [0.3, 0.4) is 0 Å². The zero-order chi connectivity index (χ0) is 16.3. The second-order valence-corrected chi connectivity index (χ2v) is 5.05. The minimum atomic E-state index is -0.413. The van der Waals surface area contributed by atoms with E-state index >= 15 is 0 Å². The van der Waals surface area contributed by atoms with Crippen molar-refractivity contribution in [3.63, 3.8) is 0 Å². The number of hydrogen-bond donors (Lipinski definition) is 0. The van der Waals surface area contributed by atoms with Gasteiger partial charge in [-0.1, -0.05) is 29.8 Å². The lowest BCUT2D eigenvalue weighted by Gasteiger charge is -2.03. The molecule has 0 spiro atoms. The molecular formula is C18H20O4. The number of carbonyl (C=O) groups is 2. The van der Waals surface area contributed by atoms with Crippen LogP contribution in [-0.4, -0.2) is 25.2 Å². The molecule has 0 fully saturated rings. The molecule has 116 valence electrons. The number of fused-ring (bicyclic) bond motifs is 1. The normalized spacial score (nSPS) is 10.5. The van der Waals surface area contributed by atoms with E-state index in [4.69, 9.17) is 9.47 Å². The molecule has 0 aromatic carbocycles. The molecule has 0 aliphatic heterocycles. The molecule has 4 heteroatoms. The van der Waals surface area contributed by atoms with Crippen molar-refractivity contribution in [2.45, 2.75) is 27.7 Å². The van der Waals surface area contributed by atoms with E-state index in [1.807, 2.05) is 31.2 Å². The van der Waals surface area contributed by atoms with Crippen LogP contribution in [0.2, 0.25) is 0 Å². The van der Waals surface area contributed by atoms with Crippen LogP contribution < -0.4 is 0 Å². The minimum Gasteiger partial charge on any atom is -0.462 e. The lowest BCUT2D eigenvalue weighted by atomic mass is 10.1. The summed E-state index contributed by atoms with van der Waals surface area (Å²) in [4.78, 5) is 24.6. The predicted octanol–water partition coefficient (Wildman–Crippen LogP) is 3.76. The molecule has 2 rings (SSSR count). The molecule has 0 radical (unpaired) electrons. The first-order valence-electron chi connectivity index (χ1n) is 7.38. The second-order valence-electron chi connectivity index (χ2n) is 5.05. The summed E-state index contributed by atoms with van der Waals surface area (Å²) in [5.74, 6) is -0.825. The third kappa shape index (κ3) is 2.82. The van der Waals surface area contributed by atoms with Crippen LogP contribution in [0, 0.1) is 13.8 Å². The van der Waals surface area contributed by atoms with Crippen LogP contribution in [0.1, 0.15) is 45.7 Å². The maximum atomic E-state index is 12.3. The van der Waals surface area contributed by atoms with Crippen molar-refractivity contribution >= 4 is 11.9 Å². The summed E-state index contributed by atoms with van der Waals surface area (Å²) in [5, 5.41) is 0. The van der Waals surface area contributed by atoms with E-state index in [0.29, 0.717) is 27.8 Å². The molecule has 0 aromatic heterocycles.